The molecule has 0 amide bonds. The maximum absolute atomic E-state index is 4.32. The summed E-state index contributed by atoms with van der Waals surface area (Å²) < 4.78 is 4.93. The van der Waals surface area contributed by atoms with E-state index in [1.54, 1.807) is 0 Å². The molecule has 0 radical (unpaired) electrons. The highest BCUT2D eigenvalue weighted by atomic mass is 79.9. The molecule has 0 aliphatic heterocycles. The van der Waals surface area contributed by atoms with Crippen molar-refractivity contribution >= 4 is 27.5 Å². The van der Waals surface area contributed by atoms with Gasteiger partial charge in [-0.2, -0.15) is 4.37 Å². The largest absolute Gasteiger partial charge is 0.250 e. The molecule has 0 saturated carbocycles. The predicted octanol–water partition coefficient (Wildman–Crippen LogP) is 2.67. The van der Waals surface area contributed by atoms with Gasteiger partial charge in [-0.05, 0) is 46.5 Å². The number of rotatable bonds is 1. The first-order valence-electron chi connectivity index (χ1n) is 3.69. The first-order chi connectivity index (χ1) is 6.25. The molecule has 66 valence electrons. The maximum Gasteiger partial charge on any atom is 0.192 e. The van der Waals surface area contributed by atoms with Gasteiger partial charge >= 0.3 is 0 Å². The molecule has 13 heavy (non-hydrogen) atoms. The minimum absolute atomic E-state index is 0.681. The molecule has 5 heteroatoms. The topological polar surface area (TPSA) is 38.7 Å². The molecule has 0 atom stereocenters. The van der Waals surface area contributed by atoms with E-state index in [1.165, 1.54) is 11.5 Å². The number of nitrogens with zero attached hydrogens (tertiary/aromatic N) is 3. The smallest absolute Gasteiger partial charge is 0.192 e. The van der Waals surface area contributed by atoms with Crippen LogP contribution >= 0.6 is 27.5 Å². The van der Waals surface area contributed by atoms with Crippen LogP contribution in [0, 0.1) is 6.92 Å². The van der Waals surface area contributed by atoms with Crippen molar-refractivity contribution in [3.05, 3.63) is 27.8 Å². The van der Waals surface area contributed by atoms with E-state index in [-0.39, 0.29) is 0 Å². The van der Waals surface area contributed by atoms with Crippen LogP contribution in [-0.4, -0.2) is 14.3 Å². The summed E-state index contributed by atoms with van der Waals surface area (Å²) in [6.45, 7) is 1.95. The average molecular weight is 256 g/mol. The molecule has 0 aliphatic carbocycles. The normalized spacial score (nSPS) is 10.3. The van der Waals surface area contributed by atoms with Crippen LogP contribution in [0.4, 0.5) is 0 Å². The van der Waals surface area contributed by atoms with Crippen molar-refractivity contribution in [3.63, 3.8) is 0 Å². The Balaban J connectivity index is 2.46. The third-order valence-electron chi connectivity index (χ3n) is 1.52. The quantitative estimate of drug-likeness (QED) is 0.787. The van der Waals surface area contributed by atoms with Crippen molar-refractivity contribution < 1.29 is 0 Å². The monoisotopic (exact) mass is 255 g/mol. The fraction of sp³-hybridized carbons (Fsp3) is 0.125. The van der Waals surface area contributed by atoms with Crippen LogP contribution in [0.15, 0.2) is 22.1 Å². The summed E-state index contributed by atoms with van der Waals surface area (Å²) in [4.78, 5) is 8.50. The summed E-state index contributed by atoms with van der Waals surface area (Å²) in [6.07, 6.45) is 0. The van der Waals surface area contributed by atoms with Gasteiger partial charge in [-0.25, -0.2) is 9.97 Å². The Morgan fingerprint density at radius 1 is 1.31 bits per heavy atom. The van der Waals surface area contributed by atoms with E-state index in [2.05, 4.69) is 30.3 Å². The number of halogens is 1. The molecule has 2 rings (SSSR count). The molecule has 0 fully saturated rings. The minimum Gasteiger partial charge on any atom is -0.250 e. The van der Waals surface area contributed by atoms with E-state index in [9.17, 15) is 0 Å². The first-order valence-corrected chi connectivity index (χ1v) is 5.25. The van der Waals surface area contributed by atoms with E-state index in [1.807, 2.05) is 25.1 Å². The molecule has 0 aromatic carbocycles. The van der Waals surface area contributed by atoms with Gasteiger partial charge in [0.25, 0.3) is 0 Å². The zero-order chi connectivity index (χ0) is 9.26. The highest BCUT2D eigenvalue weighted by molar-refractivity contribution is 9.11. The zero-order valence-electron chi connectivity index (χ0n) is 6.86. The van der Waals surface area contributed by atoms with Crippen LogP contribution in [-0.2, 0) is 0 Å². The Morgan fingerprint density at radius 2 is 2.15 bits per heavy atom. The molecular weight excluding hydrogens is 250 g/mol. The van der Waals surface area contributed by atoms with Gasteiger partial charge in [0.2, 0.25) is 0 Å². The Bertz CT molecular complexity index is 427. The Hall–Kier alpha value is -0.810. The highest BCUT2D eigenvalue weighted by Crippen LogP contribution is 2.19. The molecule has 0 spiro atoms. The van der Waals surface area contributed by atoms with E-state index in [4.69, 9.17) is 0 Å². The van der Waals surface area contributed by atoms with Crippen molar-refractivity contribution in [1.82, 2.24) is 14.3 Å². The Kier molecular flexibility index (Phi) is 2.37. The fourth-order valence-electron chi connectivity index (χ4n) is 0.977. The molecule has 2 heterocycles. The highest BCUT2D eigenvalue weighted by Gasteiger charge is 2.05. The van der Waals surface area contributed by atoms with Crippen LogP contribution in [0.5, 0.6) is 0 Å². The van der Waals surface area contributed by atoms with Gasteiger partial charge in [-0.1, -0.05) is 6.07 Å². The summed E-state index contributed by atoms with van der Waals surface area (Å²) in [6, 6.07) is 5.80. The van der Waals surface area contributed by atoms with Gasteiger partial charge in [0.05, 0.1) is 0 Å². The van der Waals surface area contributed by atoms with E-state index >= 15 is 0 Å². The molecular formula is C8H6BrN3S. The zero-order valence-corrected chi connectivity index (χ0v) is 9.26. The van der Waals surface area contributed by atoms with Crippen LogP contribution in [0.2, 0.25) is 0 Å². The van der Waals surface area contributed by atoms with Gasteiger partial charge < -0.3 is 0 Å². The van der Waals surface area contributed by atoms with Crippen molar-refractivity contribution in [2.24, 2.45) is 0 Å². The molecule has 0 unspecified atom stereocenters. The fourth-order valence-corrected chi connectivity index (χ4v) is 1.79. The molecule has 0 aliphatic rings. The molecule has 0 bridgehead atoms. The molecule has 2 aromatic rings. The predicted molar refractivity (Wildman–Crippen MR) is 55.6 cm³/mol. The van der Waals surface area contributed by atoms with Gasteiger partial charge in [-0.15, -0.1) is 0 Å². The Morgan fingerprint density at radius 3 is 2.77 bits per heavy atom. The number of hydrogen-bond donors (Lipinski definition) is 0. The van der Waals surface area contributed by atoms with E-state index in [0.29, 0.717) is 5.82 Å². The van der Waals surface area contributed by atoms with Gasteiger partial charge in [0.15, 0.2) is 9.74 Å². The number of aromatic nitrogens is 3. The van der Waals surface area contributed by atoms with Crippen molar-refractivity contribution in [3.8, 4) is 11.5 Å². The van der Waals surface area contributed by atoms with E-state index in [0.717, 1.165) is 15.3 Å². The lowest BCUT2D eigenvalue weighted by Crippen LogP contribution is -1.87. The third-order valence-corrected chi connectivity index (χ3v) is 2.64. The third kappa shape index (κ3) is 1.92. The summed E-state index contributed by atoms with van der Waals surface area (Å²) in [7, 11) is 0. The van der Waals surface area contributed by atoms with Crippen molar-refractivity contribution in [1.29, 1.82) is 0 Å². The summed E-state index contributed by atoms with van der Waals surface area (Å²) in [5.41, 5.74) is 1.80. The van der Waals surface area contributed by atoms with Crippen LogP contribution in [0.3, 0.4) is 0 Å². The van der Waals surface area contributed by atoms with Crippen molar-refractivity contribution in [2.45, 2.75) is 6.92 Å². The number of hydrogen-bond acceptors (Lipinski definition) is 4. The number of aryl methyl sites for hydroxylation is 1. The lowest BCUT2D eigenvalue weighted by atomic mass is 10.3. The minimum atomic E-state index is 0.681. The SMILES string of the molecule is Cc1cccc(-c2nsc(Br)n2)n1. The lowest BCUT2D eigenvalue weighted by molar-refractivity contribution is 1.16. The maximum atomic E-state index is 4.32. The summed E-state index contributed by atoms with van der Waals surface area (Å²) in [5.74, 6) is 0.681. The molecule has 0 N–H and O–H groups in total. The van der Waals surface area contributed by atoms with Gasteiger partial charge in [-0.3, -0.25) is 0 Å². The molecule has 3 nitrogen and oxygen atoms in total. The summed E-state index contributed by atoms with van der Waals surface area (Å²) >= 11 is 4.59. The Labute approximate surface area is 88.2 Å². The van der Waals surface area contributed by atoms with Crippen molar-refractivity contribution in [2.75, 3.05) is 0 Å². The van der Waals surface area contributed by atoms with Crippen LogP contribution < -0.4 is 0 Å². The molecule has 0 saturated heterocycles. The van der Waals surface area contributed by atoms with Crippen LogP contribution in [0.25, 0.3) is 11.5 Å². The van der Waals surface area contributed by atoms with Gasteiger partial charge in [0, 0.05) is 5.69 Å². The summed E-state index contributed by atoms with van der Waals surface area (Å²) in [5, 5.41) is 0. The standard InChI is InChI=1S/C8H6BrN3S/c1-5-3-2-4-6(10-5)7-11-8(9)13-12-7/h2-4H,1H3. The second-order valence-corrected chi connectivity index (χ2v) is 4.56. The lowest BCUT2D eigenvalue weighted by Gasteiger charge is -1.94. The van der Waals surface area contributed by atoms with E-state index < -0.39 is 0 Å². The average Bonchev–Trinajstić information content (AvgIpc) is 2.52. The first kappa shape index (κ1) is 8.77. The number of pyridine rings is 1. The van der Waals surface area contributed by atoms with Crippen LogP contribution in [0.1, 0.15) is 5.69 Å². The second-order valence-electron chi connectivity index (χ2n) is 2.54. The molecule has 2 aromatic heterocycles. The van der Waals surface area contributed by atoms with Gasteiger partial charge in [0.1, 0.15) is 5.69 Å². The second kappa shape index (κ2) is 3.51.